The fourth-order valence-corrected chi connectivity index (χ4v) is 5.61. The average molecular weight is 579 g/mol. The summed E-state index contributed by atoms with van der Waals surface area (Å²) in [6.07, 6.45) is 5.14. The van der Waals surface area contributed by atoms with Gasteiger partial charge in [0, 0.05) is 44.2 Å². The van der Waals surface area contributed by atoms with Crippen LogP contribution in [-0.4, -0.2) is 83.4 Å². The number of carbonyl (C=O) groups is 1. The van der Waals surface area contributed by atoms with Crippen LogP contribution in [0.4, 0.5) is 0 Å². The van der Waals surface area contributed by atoms with Gasteiger partial charge < -0.3 is 30.2 Å². The molecule has 0 unspecified atom stereocenters. The lowest BCUT2D eigenvalue weighted by molar-refractivity contribution is -0.132. The SMILES string of the molecule is CCCN(CCNC[C@H](O)c1ccc(O)c2[nH]c(=O)ccc12)C(=O)CCOCCc1cccc(CN2CCCCC2)c1. The number of aliphatic hydroxyl groups is 1. The summed E-state index contributed by atoms with van der Waals surface area (Å²) < 4.78 is 5.84. The van der Waals surface area contributed by atoms with Gasteiger partial charge in [-0.1, -0.05) is 43.7 Å². The summed E-state index contributed by atoms with van der Waals surface area (Å²) in [6, 6.07) is 14.8. The zero-order valence-electron chi connectivity index (χ0n) is 24.8. The van der Waals surface area contributed by atoms with Crippen molar-refractivity contribution in [3.8, 4) is 5.75 Å². The Kier molecular flexibility index (Phi) is 12.4. The van der Waals surface area contributed by atoms with Gasteiger partial charge in [-0.25, -0.2) is 0 Å². The third-order valence-electron chi connectivity index (χ3n) is 7.85. The number of carbonyl (C=O) groups excluding carboxylic acids is 1. The van der Waals surface area contributed by atoms with E-state index in [1.807, 2.05) is 11.8 Å². The largest absolute Gasteiger partial charge is 0.506 e. The van der Waals surface area contributed by atoms with Gasteiger partial charge in [-0.2, -0.15) is 0 Å². The Morgan fingerprint density at radius 2 is 1.88 bits per heavy atom. The molecule has 4 N–H and O–H groups in total. The first-order valence-corrected chi connectivity index (χ1v) is 15.3. The summed E-state index contributed by atoms with van der Waals surface area (Å²) in [7, 11) is 0. The molecule has 0 spiro atoms. The maximum atomic E-state index is 12.9. The first-order chi connectivity index (χ1) is 20.4. The Labute approximate surface area is 248 Å². The predicted octanol–water partition coefficient (Wildman–Crippen LogP) is 3.73. The number of piperidine rings is 1. The zero-order chi connectivity index (χ0) is 29.7. The highest BCUT2D eigenvalue weighted by molar-refractivity contribution is 5.87. The molecule has 9 heteroatoms. The number of likely N-dealkylation sites (tertiary alicyclic amines) is 1. The molecule has 2 heterocycles. The van der Waals surface area contributed by atoms with Gasteiger partial charge in [-0.05, 0) is 67.6 Å². The van der Waals surface area contributed by atoms with Crippen molar-refractivity contribution < 1.29 is 19.7 Å². The standard InChI is InChI=1S/C33H46N4O5/c1-2-16-37(19-15-34-23-30(39)27-9-11-29(38)33-28(27)10-12-31(40)35-33)32(41)14-21-42-20-13-25-7-6-8-26(22-25)24-36-17-4-3-5-18-36/h6-12,22,30,34,38-39H,2-5,13-21,23-24H2,1H3,(H,35,40)/t30-/m0/s1. The summed E-state index contributed by atoms with van der Waals surface area (Å²) in [5.41, 5.74) is 3.22. The third-order valence-corrected chi connectivity index (χ3v) is 7.85. The van der Waals surface area contributed by atoms with Gasteiger partial charge >= 0.3 is 0 Å². The molecule has 1 atom stereocenters. The number of nitrogens with zero attached hydrogens (tertiary/aromatic N) is 2. The number of H-pyrrole nitrogens is 1. The molecule has 1 aromatic heterocycles. The Morgan fingerprint density at radius 3 is 2.69 bits per heavy atom. The molecule has 42 heavy (non-hydrogen) atoms. The van der Waals surface area contributed by atoms with Gasteiger partial charge in [0.1, 0.15) is 5.75 Å². The second kappa shape index (κ2) is 16.4. The molecule has 0 radical (unpaired) electrons. The van der Waals surface area contributed by atoms with Crippen LogP contribution < -0.4 is 10.9 Å². The number of pyridine rings is 1. The number of benzene rings is 2. The smallest absolute Gasteiger partial charge is 0.248 e. The molecule has 1 fully saturated rings. The quantitative estimate of drug-likeness (QED) is 0.191. The maximum Gasteiger partial charge on any atom is 0.248 e. The van der Waals surface area contributed by atoms with Gasteiger partial charge in [0.05, 0.1) is 31.3 Å². The van der Waals surface area contributed by atoms with Crippen LogP contribution >= 0.6 is 0 Å². The number of fused-ring (bicyclic) bond motifs is 1. The van der Waals surface area contributed by atoms with Crippen LogP contribution in [0.3, 0.4) is 0 Å². The van der Waals surface area contributed by atoms with Crippen molar-refractivity contribution in [1.82, 2.24) is 20.1 Å². The molecule has 1 amide bonds. The van der Waals surface area contributed by atoms with E-state index in [9.17, 15) is 19.8 Å². The van der Waals surface area contributed by atoms with E-state index in [2.05, 4.69) is 39.5 Å². The predicted molar refractivity (Wildman–Crippen MR) is 166 cm³/mol. The number of hydrogen-bond acceptors (Lipinski definition) is 7. The number of aromatic hydroxyl groups is 1. The highest BCUT2D eigenvalue weighted by Crippen LogP contribution is 2.28. The average Bonchev–Trinajstić information content (AvgIpc) is 2.99. The van der Waals surface area contributed by atoms with Crippen LogP contribution in [0.25, 0.3) is 10.9 Å². The first-order valence-electron chi connectivity index (χ1n) is 15.3. The Bertz CT molecular complexity index is 1340. The number of hydrogen-bond donors (Lipinski definition) is 4. The van der Waals surface area contributed by atoms with Crippen molar-refractivity contribution in [2.24, 2.45) is 0 Å². The van der Waals surface area contributed by atoms with Crippen molar-refractivity contribution >= 4 is 16.8 Å². The fraction of sp³-hybridized carbons (Fsp3) is 0.515. The van der Waals surface area contributed by atoms with Crippen molar-refractivity contribution in [3.63, 3.8) is 0 Å². The van der Waals surface area contributed by atoms with Crippen LogP contribution in [-0.2, 0) is 22.5 Å². The van der Waals surface area contributed by atoms with E-state index in [1.165, 1.54) is 55.6 Å². The molecule has 0 aliphatic carbocycles. The van der Waals surface area contributed by atoms with Crippen molar-refractivity contribution in [1.29, 1.82) is 0 Å². The van der Waals surface area contributed by atoms with Crippen LogP contribution in [0.5, 0.6) is 5.75 Å². The molecular weight excluding hydrogens is 532 g/mol. The normalized spacial score (nSPS) is 14.7. The number of ether oxygens (including phenoxy) is 1. The number of aromatic amines is 1. The van der Waals surface area contributed by atoms with E-state index in [1.54, 1.807) is 12.1 Å². The van der Waals surface area contributed by atoms with E-state index in [-0.39, 0.29) is 23.8 Å². The highest BCUT2D eigenvalue weighted by atomic mass is 16.5. The summed E-state index contributed by atoms with van der Waals surface area (Å²) in [5, 5.41) is 24.7. The third kappa shape index (κ3) is 9.39. The minimum absolute atomic E-state index is 0.0401. The molecule has 1 aliphatic heterocycles. The second-order valence-electron chi connectivity index (χ2n) is 11.2. The van der Waals surface area contributed by atoms with Crippen LogP contribution in [0.15, 0.2) is 53.3 Å². The van der Waals surface area contributed by atoms with Gasteiger partial charge in [-0.15, -0.1) is 0 Å². The number of nitrogens with one attached hydrogen (secondary N) is 2. The zero-order valence-corrected chi connectivity index (χ0v) is 24.8. The fourth-order valence-electron chi connectivity index (χ4n) is 5.61. The lowest BCUT2D eigenvalue weighted by Crippen LogP contribution is -2.38. The summed E-state index contributed by atoms with van der Waals surface area (Å²) in [4.78, 5) is 31.5. The van der Waals surface area contributed by atoms with Crippen LogP contribution in [0.2, 0.25) is 0 Å². The van der Waals surface area contributed by atoms with Gasteiger partial charge in [-0.3, -0.25) is 14.5 Å². The van der Waals surface area contributed by atoms with Gasteiger partial charge in [0.15, 0.2) is 0 Å². The van der Waals surface area contributed by atoms with Gasteiger partial charge in [0.25, 0.3) is 0 Å². The van der Waals surface area contributed by atoms with E-state index in [4.69, 9.17) is 4.74 Å². The molecule has 0 saturated carbocycles. The summed E-state index contributed by atoms with van der Waals surface area (Å²) in [5.74, 6) is 0.0259. The van der Waals surface area contributed by atoms with E-state index >= 15 is 0 Å². The summed E-state index contributed by atoms with van der Waals surface area (Å²) >= 11 is 0. The first kappa shape index (κ1) is 31.7. The van der Waals surface area contributed by atoms with Crippen LogP contribution in [0.1, 0.15) is 61.8 Å². The Balaban J connectivity index is 1.15. The molecule has 3 aromatic rings. The molecule has 2 aromatic carbocycles. The number of phenols is 1. The molecule has 228 valence electrons. The van der Waals surface area contributed by atoms with Gasteiger partial charge in [0.2, 0.25) is 11.5 Å². The molecule has 9 nitrogen and oxygen atoms in total. The van der Waals surface area contributed by atoms with E-state index < -0.39 is 6.10 Å². The minimum atomic E-state index is -0.840. The number of amides is 1. The number of aromatic nitrogens is 1. The second-order valence-corrected chi connectivity index (χ2v) is 11.2. The Morgan fingerprint density at radius 1 is 1.07 bits per heavy atom. The van der Waals surface area contributed by atoms with Crippen molar-refractivity contribution in [2.45, 2.75) is 58.1 Å². The maximum absolute atomic E-state index is 12.9. The van der Waals surface area contributed by atoms with E-state index in [0.717, 1.165) is 19.4 Å². The minimum Gasteiger partial charge on any atom is -0.506 e. The number of rotatable bonds is 16. The highest BCUT2D eigenvalue weighted by Gasteiger charge is 2.16. The topological polar surface area (TPSA) is 118 Å². The lowest BCUT2D eigenvalue weighted by atomic mass is 10.0. The molecule has 0 bridgehead atoms. The van der Waals surface area contributed by atoms with Crippen molar-refractivity contribution in [2.75, 3.05) is 52.5 Å². The molecule has 4 rings (SSSR count). The van der Waals surface area contributed by atoms with Crippen LogP contribution in [0, 0.1) is 0 Å². The van der Waals surface area contributed by atoms with E-state index in [0.29, 0.717) is 55.7 Å². The monoisotopic (exact) mass is 578 g/mol. The lowest BCUT2D eigenvalue weighted by Gasteiger charge is -2.26. The summed E-state index contributed by atoms with van der Waals surface area (Å²) in [6.45, 7) is 8.44. The number of phenolic OH excluding ortho intramolecular Hbond substituents is 1. The molecular formula is C33H46N4O5. The Hall–Kier alpha value is -3.24. The molecule has 1 aliphatic rings. The number of aliphatic hydroxyl groups excluding tert-OH is 1. The molecule has 1 saturated heterocycles. The van der Waals surface area contributed by atoms with Crippen molar-refractivity contribution in [3.05, 3.63) is 75.6 Å².